The Morgan fingerprint density at radius 1 is 1.05 bits per heavy atom. The molecule has 0 radical (unpaired) electrons. The highest BCUT2D eigenvalue weighted by atomic mass is 79.9. The molecule has 0 aliphatic rings. The Kier molecular flexibility index (Phi) is 3.36. The highest BCUT2D eigenvalue weighted by Crippen LogP contribution is 2.27. The number of pyridine rings is 1. The molecule has 3 rings (SSSR count). The lowest BCUT2D eigenvalue weighted by Crippen LogP contribution is -1.96. The zero-order chi connectivity index (χ0) is 13.9. The molecular weight excluding hydrogens is 314 g/mol. The Morgan fingerprint density at radius 3 is 2.60 bits per heavy atom. The molecule has 0 saturated carbocycles. The molecule has 1 heterocycles. The van der Waals surface area contributed by atoms with Gasteiger partial charge in [0.15, 0.2) is 0 Å². The molecule has 0 atom stereocenters. The summed E-state index contributed by atoms with van der Waals surface area (Å²) in [6.07, 6.45) is 0. The number of halogens is 1. The van der Waals surface area contributed by atoms with Gasteiger partial charge in [-0.05, 0) is 40.2 Å². The van der Waals surface area contributed by atoms with E-state index in [2.05, 4.69) is 32.3 Å². The Morgan fingerprint density at radius 2 is 1.80 bits per heavy atom. The average molecular weight is 324 g/mol. The molecular formula is C16H10BrN3. The fourth-order valence-corrected chi connectivity index (χ4v) is 2.42. The van der Waals surface area contributed by atoms with Crippen LogP contribution in [0.15, 0.2) is 59.1 Å². The third-order valence-corrected chi connectivity index (χ3v) is 3.66. The minimum Gasteiger partial charge on any atom is -0.339 e. The average Bonchev–Trinajstić information content (AvgIpc) is 2.49. The smallest absolute Gasteiger partial charge is 0.132 e. The van der Waals surface area contributed by atoms with Crippen LogP contribution < -0.4 is 5.32 Å². The van der Waals surface area contributed by atoms with Crippen molar-refractivity contribution in [3.63, 3.8) is 0 Å². The van der Waals surface area contributed by atoms with E-state index >= 15 is 0 Å². The SMILES string of the molecule is N#Cc1cc(Nc2ccccc2Br)nc2ccccc12. The lowest BCUT2D eigenvalue weighted by atomic mass is 10.1. The van der Waals surface area contributed by atoms with Crippen molar-refractivity contribution in [2.75, 3.05) is 5.32 Å². The molecule has 0 bridgehead atoms. The lowest BCUT2D eigenvalue weighted by molar-refractivity contribution is 1.35. The van der Waals surface area contributed by atoms with Gasteiger partial charge in [0.05, 0.1) is 22.8 Å². The highest BCUT2D eigenvalue weighted by Gasteiger charge is 2.06. The Bertz CT molecular complexity index is 821. The van der Waals surface area contributed by atoms with Crippen LogP contribution in [0.2, 0.25) is 0 Å². The number of rotatable bonds is 2. The topological polar surface area (TPSA) is 48.7 Å². The van der Waals surface area contributed by atoms with E-state index in [1.807, 2.05) is 48.5 Å². The van der Waals surface area contributed by atoms with Crippen LogP contribution in [0.1, 0.15) is 5.56 Å². The number of nitrogens with one attached hydrogen (secondary N) is 1. The van der Waals surface area contributed by atoms with E-state index in [0.717, 1.165) is 21.1 Å². The largest absolute Gasteiger partial charge is 0.339 e. The van der Waals surface area contributed by atoms with Crippen LogP contribution in [0.5, 0.6) is 0 Å². The van der Waals surface area contributed by atoms with Crippen LogP contribution in [0.3, 0.4) is 0 Å². The zero-order valence-corrected chi connectivity index (χ0v) is 12.1. The molecule has 3 nitrogen and oxygen atoms in total. The van der Waals surface area contributed by atoms with Gasteiger partial charge in [-0.15, -0.1) is 0 Å². The number of hydrogen-bond donors (Lipinski definition) is 1. The summed E-state index contributed by atoms with van der Waals surface area (Å²) < 4.78 is 0.952. The van der Waals surface area contributed by atoms with E-state index in [9.17, 15) is 5.26 Å². The Hall–Kier alpha value is -2.38. The number of anilines is 2. The molecule has 0 amide bonds. The van der Waals surface area contributed by atoms with E-state index in [0.29, 0.717) is 11.4 Å². The first kappa shape index (κ1) is 12.6. The Labute approximate surface area is 125 Å². The highest BCUT2D eigenvalue weighted by molar-refractivity contribution is 9.10. The third-order valence-electron chi connectivity index (χ3n) is 2.97. The van der Waals surface area contributed by atoms with Crippen molar-refractivity contribution in [2.24, 2.45) is 0 Å². The maximum absolute atomic E-state index is 9.27. The zero-order valence-electron chi connectivity index (χ0n) is 10.5. The first-order valence-electron chi connectivity index (χ1n) is 6.09. The van der Waals surface area contributed by atoms with E-state index in [4.69, 9.17) is 0 Å². The number of para-hydroxylation sites is 2. The number of nitrogens with zero attached hydrogens (tertiary/aromatic N) is 2. The fourth-order valence-electron chi connectivity index (χ4n) is 2.03. The van der Waals surface area contributed by atoms with E-state index < -0.39 is 0 Å². The Balaban J connectivity index is 2.09. The van der Waals surface area contributed by atoms with Crippen LogP contribution in [-0.4, -0.2) is 4.98 Å². The van der Waals surface area contributed by atoms with Crippen LogP contribution >= 0.6 is 15.9 Å². The maximum Gasteiger partial charge on any atom is 0.132 e. The van der Waals surface area contributed by atoms with Crippen molar-refractivity contribution in [1.82, 2.24) is 4.98 Å². The van der Waals surface area contributed by atoms with Gasteiger partial charge < -0.3 is 5.32 Å². The molecule has 0 aliphatic carbocycles. The van der Waals surface area contributed by atoms with Crippen LogP contribution in [-0.2, 0) is 0 Å². The van der Waals surface area contributed by atoms with Gasteiger partial charge in [-0.2, -0.15) is 5.26 Å². The van der Waals surface area contributed by atoms with Crippen LogP contribution in [0.4, 0.5) is 11.5 Å². The maximum atomic E-state index is 9.27. The number of hydrogen-bond acceptors (Lipinski definition) is 3. The summed E-state index contributed by atoms with van der Waals surface area (Å²) in [5, 5.41) is 13.4. The first-order valence-corrected chi connectivity index (χ1v) is 6.88. The van der Waals surface area contributed by atoms with Gasteiger partial charge in [-0.25, -0.2) is 4.98 Å². The number of benzene rings is 2. The molecule has 3 aromatic rings. The second-order valence-electron chi connectivity index (χ2n) is 4.29. The summed E-state index contributed by atoms with van der Waals surface area (Å²) in [5.41, 5.74) is 2.34. The van der Waals surface area contributed by atoms with E-state index in [-0.39, 0.29) is 0 Å². The van der Waals surface area contributed by atoms with Gasteiger partial charge in [0, 0.05) is 9.86 Å². The van der Waals surface area contributed by atoms with Crippen molar-refractivity contribution in [1.29, 1.82) is 5.26 Å². The number of aromatic nitrogens is 1. The summed E-state index contributed by atoms with van der Waals surface area (Å²) in [6.45, 7) is 0. The monoisotopic (exact) mass is 323 g/mol. The van der Waals surface area contributed by atoms with Crippen LogP contribution in [0, 0.1) is 11.3 Å². The predicted molar refractivity (Wildman–Crippen MR) is 83.9 cm³/mol. The number of nitriles is 1. The molecule has 0 aliphatic heterocycles. The molecule has 2 aromatic carbocycles. The summed E-state index contributed by atoms with van der Waals surface area (Å²) >= 11 is 3.48. The molecule has 20 heavy (non-hydrogen) atoms. The van der Waals surface area contributed by atoms with Gasteiger partial charge in [0.25, 0.3) is 0 Å². The summed E-state index contributed by atoms with van der Waals surface area (Å²) in [4.78, 5) is 4.54. The second kappa shape index (κ2) is 5.32. The van der Waals surface area contributed by atoms with Crippen molar-refractivity contribution in [2.45, 2.75) is 0 Å². The minimum atomic E-state index is 0.616. The molecule has 1 N–H and O–H groups in total. The summed E-state index contributed by atoms with van der Waals surface area (Å²) in [7, 11) is 0. The normalized spacial score (nSPS) is 10.2. The molecule has 0 unspecified atom stereocenters. The molecule has 0 saturated heterocycles. The molecule has 0 fully saturated rings. The second-order valence-corrected chi connectivity index (χ2v) is 5.14. The van der Waals surface area contributed by atoms with Crippen molar-refractivity contribution in [3.8, 4) is 6.07 Å². The van der Waals surface area contributed by atoms with Crippen molar-refractivity contribution in [3.05, 3.63) is 64.6 Å². The van der Waals surface area contributed by atoms with E-state index in [1.54, 1.807) is 6.07 Å². The minimum absolute atomic E-state index is 0.616. The summed E-state index contributed by atoms with van der Waals surface area (Å²) in [5.74, 6) is 0.659. The molecule has 0 spiro atoms. The van der Waals surface area contributed by atoms with Gasteiger partial charge in [0.2, 0.25) is 0 Å². The van der Waals surface area contributed by atoms with Gasteiger partial charge in [-0.3, -0.25) is 0 Å². The fraction of sp³-hybridized carbons (Fsp3) is 0. The van der Waals surface area contributed by atoms with Gasteiger partial charge in [-0.1, -0.05) is 30.3 Å². The van der Waals surface area contributed by atoms with Crippen molar-refractivity contribution >= 4 is 38.3 Å². The van der Waals surface area contributed by atoms with E-state index in [1.165, 1.54) is 0 Å². The quantitative estimate of drug-likeness (QED) is 0.749. The summed E-state index contributed by atoms with van der Waals surface area (Å²) in [6, 6.07) is 19.4. The standard InChI is InChI=1S/C16H10BrN3/c17-13-6-2-4-8-15(13)20-16-9-11(10-18)12-5-1-3-7-14(12)19-16/h1-9H,(H,19,20). The van der Waals surface area contributed by atoms with Crippen LogP contribution in [0.25, 0.3) is 10.9 Å². The predicted octanol–water partition coefficient (Wildman–Crippen LogP) is 4.61. The third kappa shape index (κ3) is 2.36. The van der Waals surface area contributed by atoms with Gasteiger partial charge in [0.1, 0.15) is 5.82 Å². The number of fused-ring (bicyclic) bond motifs is 1. The lowest BCUT2D eigenvalue weighted by Gasteiger charge is -2.09. The van der Waals surface area contributed by atoms with Crippen molar-refractivity contribution < 1.29 is 0 Å². The van der Waals surface area contributed by atoms with Gasteiger partial charge >= 0.3 is 0 Å². The molecule has 4 heteroatoms. The molecule has 1 aromatic heterocycles. The molecule has 96 valence electrons. The first-order chi connectivity index (χ1) is 9.78.